The maximum Gasteiger partial charge on any atom is 0.123 e. The van der Waals surface area contributed by atoms with E-state index in [1.165, 1.54) is 18.9 Å². The molecule has 0 aromatic heterocycles. The van der Waals surface area contributed by atoms with Gasteiger partial charge in [0.15, 0.2) is 0 Å². The Bertz CT molecular complexity index is 407. The van der Waals surface area contributed by atoms with E-state index in [9.17, 15) is 4.39 Å². The van der Waals surface area contributed by atoms with Crippen molar-refractivity contribution in [1.82, 2.24) is 0 Å². The molecule has 0 radical (unpaired) electrons. The zero-order valence-corrected chi connectivity index (χ0v) is 11.8. The number of rotatable bonds is 3. The summed E-state index contributed by atoms with van der Waals surface area (Å²) in [5, 5.41) is 0. The Morgan fingerprint density at radius 3 is 2.94 bits per heavy atom. The molecule has 0 heterocycles. The summed E-state index contributed by atoms with van der Waals surface area (Å²) in [7, 11) is 0. The van der Waals surface area contributed by atoms with Gasteiger partial charge in [-0.05, 0) is 55.4 Å². The summed E-state index contributed by atoms with van der Waals surface area (Å²) in [5.41, 5.74) is 7.28. The lowest BCUT2D eigenvalue weighted by atomic mass is 9.89. The van der Waals surface area contributed by atoms with Gasteiger partial charge in [0.1, 0.15) is 5.82 Å². The summed E-state index contributed by atoms with van der Waals surface area (Å²) in [6.45, 7) is 2.22. The molecule has 1 nitrogen and oxygen atoms in total. The molecule has 1 saturated carbocycles. The SMILES string of the molecule is CCC1CCC(N)(Cc2cc(F)ccc2Br)C1. The van der Waals surface area contributed by atoms with Gasteiger partial charge < -0.3 is 5.73 Å². The van der Waals surface area contributed by atoms with Crippen molar-refractivity contribution >= 4 is 15.9 Å². The van der Waals surface area contributed by atoms with Gasteiger partial charge in [-0.2, -0.15) is 0 Å². The predicted octanol–water partition coefficient (Wildman–Crippen LogP) is 4.04. The molecule has 2 unspecified atom stereocenters. The predicted molar refractivity (Wildman–Crippen MR) is 72.4 cm³/mol. The van der Waals surface area contributed by atoms with Gasteiger partial charge in [0.05, 0.1) is 0 Å². The summed E-state index contributed by atoms with van der Waals surface area (Å²) in [5.74, 6) is 0.559. The van der Waals surface area contributed by atoms with E-state index >= 15 is 0 Å². The fourth-order valence-electron chi connectivity index (χ4n) is 2.84. The molecular weight excluding hydrogens is 281 g/mol. The molecule has 3 heteroatoms. The maximum absolute atomic E-state index is 13.2. The molecular formula is C14H19BrFN. The molecule has 2 N–H and O–H groups in total. The van der Waals surface area contributed by atoms with Crippen LogP contribution in [0.5, 0.6) is 0 Å². The minimum atomic E-state index is -0.183. The average Bonchev–Trinajstić information content (AvgIpc) is 2.66. The fourth-order valence-corrected chi connectivity index (χ4v) is 3.22. The molecule has 2 rings (SSSR count). The molecule has 2 atom stereocenters. The minimum Gasteiger partial charge on any atom is -0.325 e. The molecule has 17 heavy (non-hydrogen) atoms. The van der Waals surface area contributed by atoms with E-state index < -0.39 is 0 Å². The molecule has 0 bridgehead atoms. The summed E-state index contributed by atoms with van der Waals surface area (Å²) in [6.07, 6.45) is 5.28. The van der Waals surface area contributed by atoms with Crippen LogP contribution in [0.3, 0.4) is 0 Å². The molecule has 1 aliphatic carbocycles. The van der Waals surface area contributed by atoms with Crippen molar-refractivity contribution in [2.24, 2.45) is 11.7 Å². The van der Waals surface area contributed by atoms with Gasteiger partial charge in [-0.15, -0.1) is 0 Å². The van der Waals surface area contributed by atoms with Crippen LogP contribution in [0.4, 0.5) is 4.39 Å². The second-order valence-corrected chi connectivity index (χ2v) is 6.15. The van der Waals surface area contributed by atoms with E-state index in [-0.39, 0.29) is 11.4 Å². The number of hydrogen-bond donors (Lipinski definition) is 1. The molecule has 94 valence electrons. The number of nitrogens with two attached hydrogens (primary N) is 1. The van der Waals surface area contributed by atoms with Crippen molar-refractivity contribution in [3.8, 4) is 0 Å². The largest absolute Gasteiger partial charge is 0.325 e. The molecule has 0 saturated heterocycles. The smallest absolute Gasteiger partial charge is 0.123 e. The van der Waals surface area contributed by atoms with E-state index in [0.29, 0.717) is 0 Å². The van der Waals surface area contributed by atoms with E-state index in [0.717, 1.165) is 35.2 Å². The van der Waals surface area contributed by atoms with Gasteiger partial charge in [-0.1, -0.05) is 29.3 Å². The topological polar surface area (TPSA) is 26.0 Å². The monoisotopic (exact) mass is 299 g/mol. The third kappa shape index (κ3) is 3.08. The Hall–Kier alpha value is -0.410. The maximum atomic E-state index is 13.2. The van der Waals surface area contributed by atoms with Crippen LogP contribution in [-0.4, -0.2) is 5.54 Å². The highest BCUT2D eigenvalue weighted by Crippen LogP contribution is 2.37. The Kier molecular flexibility index (Phi) is 3.88. The van der Waals surface area contributed by atoms with E-state index in [1.807, 2.05) is 0 Å². The molecule has 1 aromatic carbocycles. The molecule has 0 amide bonds. The number of hydrogen-bond acceptors (Lipinski definition) is 1. The zero-order chi connectivity index (χ0) is 12.5. The lowest BCUT2D eigenvalue weighted by Gasteiger charge is -2.25. The summed E-state index contributed by atoms with van der Waals surface area (Å²) < 4.78 is 14.2. The van der Waals surface area contributed by atoms with Crippen LogP contribution in [0, 0.1) is 11.7 Å². The summed E-state index contributed by atoms with van der Waals surface area (Å²) in [4.78, 5) is 0. The Morgan fingerprint density at radius 1 is 1.53 bits per heavy atom. The lowest BCUT2D eigenvalue weighted by molar-refractivity contribution is 0.405. The number of benzene rings is 1. The average molecular weight is 300 g/mol. The highest BCUT2D eigenvalue weighted by atomic mass is 79.9. The molecule has 1 aliphatic rings. The molecule has 1 aromatic rings. The third-order valence-corrected chi connectivity index (χ3v) is 4.65. The standard InChI is InChI=1S/C14H19BrFN/c1-2-10-5-6-14(17,8-10)9-11-7-12(16)3-4-13(11)15/h3-4,7,10H,2,5-6,8-9,17H2,1H3. The van der Waals surface area contributed by atoms with Gasteiger partial charge in [0, 0.05) is 10.0 Å². The Balaban J connectivity index is 2.13. The van der Waals surface area contributed by atoms with Gasteiger partial charge in [0.2, 0.25) is 0 Å². The Morgan fingerprint density at radius 2 is 2.29 bits per heavy atom. The van der Waals surface area contributed by atoms with Crippen LogP contribution in [-0.2, 0) is 6.42 Å². The van der Waals surface area contributed by atoms with Gasteiger partial charge in [0.25, 0.3) is 0 Å². The summed E-state index contributed by atoms with van der Waals surface area (Å²) >= 11 is 3.47. The first-order chi connectivity index (χ1) is 8.02. The van der Waals surface area contributed by atoms with E-state index in [2.05, 4.69) is 22.9 Å². The normalized spacial score (nSPS) is 28.6. The van der Waals surface area contributed by atoms with Gasteiger partial charge in [-0.3, -0.25) is 0 Å². The number of halogens is 2. The minimum absolute atomic E-state index is 0.142. The van der Waals surface area contributed by atoms with Gasteiger partial charge >= 0.3 is 0 Å². The molecule has 0 aliphatic heterocycles. The van der Waals surface area contributed by atoms with Crippen LogP contribution < -0.4 is 5.73 Å². The van der Waals surface area contributed by atoms with Gasteiger partial charge in [-0.25, -0.2) is 4.39 Å². The highest BCUT2D eigenvalue weighted by molar-refractivity contribution is 9.10. The Labute approximate surface area is 111 Å². The first kappa shape index (κ1) is 13.0. The van der Waals surface area contributed by atoms with Crippen LogP contribution in [0.15, 0.2) is 22.7 Å². The first-order valence-electron chi connectivity index (χ1n) is 6.25. The lowest BCUT2D eigenvalue weighted by Crippen LogP contribution is -2.39. The zero-order valence-electron chi connectivity index (χ0n) is 10.2. The fraction of sp³-hybridized carbons (Fsp3) is 0.571. The second-order valence-electron chi connectivity index (χ2n) is 5.29. The van der Waals surface area contributed by atoms with E-state index in [1.54, 1.807) is 12.1 Å². The van der Waals surface area contributed by atoms with Crippen LogP contribution in [0.25, 0.3) is 0 Å². The third-order valence-electron chi connectivity index (χ3n) is 3.87. The highest BCUT2D eigenvalue weighted by Gasteiger charge is 2.35. The van der Waals surface area contributed by atoms with Crippen molar-refractivity contribution in [3.63, 3.8) is 0 Å². The van der Waals surface area contributed by atoms with Crippen molar-refractivity contribution in [2.45, 2.75) is 44.6 Å². The van der Waals surface area contributed by atoms with Crippen LogP contribution in [0.2, 0.25) is 0 Å². The first-order valence-corrected chi connectivity index (χ1v) is 7.04. The van der Waals surface area contributed by atoms with Crippen LogP contribution >= 0.6 is 15.9 Å². The quantitative estimate of drug-likeness (QED) is 0.896. The van der Waals surface area contributed by atoms with E-state index in [4.69, 9.17) is 5.73 Å². The van der Waals surface area contributed by atoms with Crippen molar-refractivity contribution in [3.05, 3.63) is 34.1 Å². The molecule has 1 fully saturated rings. The van der Waals surface area contributed by atoms with Crippen molar-refractivity contribution in [1.29, 1.82) is 0 Å². The van der Waals surface area contributed by atoms with Crippen molar-refractivity contribution < 1.29 is 4.39 Å². The summed E-state index contributed by atoms with van der Waals surface area (Å²) in [6, 6.07) is 4.83. The second kappa shape index (κ2) is 5.07. The molecule has 0 spiro atoms. The van der Waals surface area contributed by atoms with Crippen LogP contribution in [0.1, 0.15) is 38.2 Å². The van der Waals surface area contributed by atoms with Crippen molar-refractivity contribution in [2.75, 3.05) is 0 Å².